The van der Waals surface area contributed by atoms with Crippen molar-refractivity contribution < 1.29 is 14.4 Å². The number of thiophene rings is 1. The Bertz CT molecular complexity index is 1860. The third kappa shape index (κ3) is 3.17. The summed E-state index contributed by atoms with van der Waals surface area (Å²) in [5.74, 6) is -1.15. The summed E-state index contributed by atoms with van der Waals surface area (Å²) in [7, 11) is 2.79. The van der Waals surface area contributed by atoms with E-state index in [1.807, 2.05) is 0 Å². The number of barbiturate groups is 1. The maximum absolute atomic E-state index is 12.7. The SMILES string of the molecule is CN1C(=O)C(=Cc2cc3c(s2)C(C)(C)c2cc(-n4c5ccccc5c5ccccc54)ccc2-3)C(=O)N(C)C1=O. The zero-order valence-corrected chi connectivity index (χ0v) is 22.8. The second-order valence-electron chi connectivity index (χ2n) is 10.7. The zero-order chi connectivity index (χ0) is 27.2. The van der Waals surface area contributed by atoms with Gasteiger partial charge >= 0.3 is 6.03 Å². The molecule has 1 saturated heterocycles. The fourth-order valence-corrected chi connectivity index (χ4v) is 7.24. The Balaban J connectivity index is 1.35. The number of aromatic nitrogens is 1. The Labute approximate surface area is 229 Å². The molecule has 192 valence electrons. The van der Waals surface area contributed by atoms with Gasteiger partial charge in [0.2, 0.25) is 0 Å². The molecular weight excluding hydrogens is 506 g/mol. The highest BCUT2D eigenvalue weighted by atomic mass is 32.1. The van der Waals surface area contributed by atoms with Gasteiger partial charge in [0.15, 0.2) is 0 Å². The molecule has 2 aliphatic rings. The third-order valence-electron chi connectivity index (χ3n) is 8.05. The van der Waals surface area contributed by atoms with Crippen LogP contribution < -0.4 is 0 Å². The zero-order valence-electron chi connectivity index (χ0n) is 22.0. The highest BCUT2D eigenvalue weighted by Crippen LogP contribution is 2.53. The first-order chi connectivity index (χ1) is 18.7. The maximum Gasteiger partial charge on any atom is 0.333 e. The van der Waals surface area contributed by atoms with E-state index >= 15 is 0 Å². The van der Waals surface area contributed by atoms with Crippen molar-refractivity contribution in [3.63, 3.8) is 0 Å². The molecule has 0 N–H and O–H groups in total. The number of imide groups is 2. The van der Waals surface area contributed by atoms with Crippen LogP contribution in [0.4, 0.5) is 4.79 Å². The molecule has 3 heterocycles. The maximum atomic E-state index is 12.7. The largest absolute Gasteiger partial charge is 0.333 e. The second kappa shape index (κ2) is 8.01. The molecule has 0 spiro atoms. The molecule has 4 amide bonds. The first-order valence-electron chi connectivity index (χ1n) is 12.8. The van der Waals surface area contributed by atoms with Gasteiger partial charge in [-0.15, -0.1) is 11.3 Å². The molecule has 2 aromatic heterocycles. The topological polar surface area (TPSA) is 62.6 Å². The first kappa shape index (κ1) is 23.6. The molecule has 5 aromatic rings. The molecule has 0 saturated carbocycles. The molecule has 1 aliphatic heterocycles. The number of fused-ring (bicyclic) bond motifs is 6. The van der Waals surface area contributed by atoms with Crippen molar-refractivity contribution in [1.82, 2.24) is 14.4 Å². The fourth-order valence-electron chi connectivity index (χ4n) is 6.01. The van der Waals surface area contributed by atoms with Gasteiger partial charge in [-0.1, -0.05) is 56.3 Å². The molecule has 1 fully saturated rings. The van der Waals surface area contributed by atoms with Gasteiger partial charge in [0.1, 0.15) is 5.57 Å². The van der Waals surface area contributed by atoms with Crippen LogP contribution in [-0.4, -0.2) is 46.3 Å². The quantitative estimate of drug-likeness (QED) is 0.191. The summed E-state index contributed by atoms with van der Waals surface area (Å²) in [6.45, 7) is 4.44. The minimum absolute atomic E-state index is 0.000681. The lowest BCUT2D eigenvalue weighted by Gasteiger charge is -2.28. The smallest absolute Gasteiger partial charge is 0.309 e. The van der Waals surface area contributed by atoms with Crippen molar-refractivity contribution in [2.45, 2.75) is 19.3 Å². The number of carbonyl (C=O) groups is 3. The van der Waals surface area contributed by atoms with Crippen LogP contribution in [0, 0.1) is 0 Å². The molecule has 39 heavy (non-hydrogen) atoms. The van der Waals surface area contributed by atoms with Crippen LogP contribution >= 0.6 is 11.3 Å². The highest BCUT2D eigenvalue weighted by molar-refractivity contribution is 7.13. The van der Waals surface area contributed by atoms with Crippen LogP contribution in [0.25, 0.3) is 44.7 Å². The number of hydrogen-bond donors (Lipinski definition) is 0. The van der Waals surface area contributed by atoms with Gasteiger partial charge in [0.25, 0.3) is 11.8 Å². The summed E-state index contributed by atoms with van der Waals surface area (Å²) in [5.41, 5.74) is 6.73. The lowest BCUT2D eigenvalue weighted by Crippen LogP contribution is -2.52. The van der Waals surface area contributed by atoms with E-state index in [-0.39, 0.29) is 11.0 Å². The van der Waals surface area contributed by atoms with Crippen molar-refractivity contribution in [2.75, 3.05) is 14.1 Å². The van der Waals surface area contributed by atoms with Crippen molar-refractivity contribution in [2.24, 2.45) is 0 Å². The molecule has 7 heteroatoms. The van der Waals surface area contributed by atoms with E-state index in [1.54, 1.807) is 17.4 Å². The Morgan fingerprint density at radius 2 is 1.33 bits per heavy atom. The monoisotopic (exact) mass is 531 g/mol. The van der Waals surface area contributed by atoms with E-state index in [9.17, 15) is 14.4 Å². The van der Waals surface area contributed by atoms with Gasteiger partial charge < -0.3 is 4.57 Å². The number of para-hydroxylation sites is 2. The minimum atomic E-state index is -0.620. The van der Waals surface area contributed by atoms with E-state index in [0.717, 1.165) is 31.5 Å². The summed E-state index contributed by atoms with van der Waals surface area (Å²) < 4.78 is 2.33. The number of rotatable bonds is 2. The van der Waals surface area contributed by atoms with Crippen molar-refractivity contribution in [3.8, 4) is 16.8 Å². The number of urea groups is 1. The lowest BCUT2D eigenvalue weighted by molar-refractivity contribution is -0.134. The number of carbonyl (C=O) groups excluding carboxylic acids is 3. The number of amides is 4. The number of likely N-dealkylation sites (N-methyl/N-ethyl adjacent to an activating group) is 2. The molecule has 0 bridgehead atoms. The van der Waals surface area contributed by atoms with E-state index in [0.29, 0.717) is 0 Å². The van der Waals surface area contributed by atoms with E-state index in [4.69, 9.17) is 0 Å². The van der Waals surface area contributed by atoms with Crippen LogP contribution in [-0.2, 0) is 15.0 Å². The molecule has 1 aliphatic carbocycles. The minimum Gasteiger partial charge on any atom is -0.309 e. The average Bonchev–Trinajstić information content (AvgIpc) is 3.58. The van der Waals surface area contributed by atoms with Crippen LogP contribution in [0.2, 0.25) is 0 Å². The number of hydrogen-bond acceptors (Lipinski definition) is 4. The van der Waals surface area contributed by atoms with Gasteiger partial charge in [0, 0.05) is 45.7 Å². The third-order valence-corrected chi connectivity index (χ3v) is 9.46. The first-order valence-corrected chi connectivity index (χ1v) is 13.6. The molecule has 0 unspecified atom stereocenters. The molecule has 0 atom stereocenters. The summed E-state index contributed by atoms with van der Waals surface area (Å²) >= 11 is 1.59. The van der Waals surface area contributed by atoms with Crippen molar-refractivity contribution in [3.05, 3.63) is 93.7 Å². The van der Waals surface area contributed by atoms with Gasteiger partial charge in [-0.3, -0.25) is 19.4 Å². The number of benzene rings is 3. The standard InChI is InChI=1S/C32H25N3O3S/c1-32(2)25-15-18(35-26-11-7-5-9-21(26)22-10-6-8-12-27(22)35)13-14-20(25)23-16-19(39-28(23)32)17-24-29(36)33(3)31(38)34(4)30(24)37/h5-17H,1-4H3. The van der Waals surface area contributed by atoms with Crippen molar-refractivity contribution in [1.29, 1.82) is 0 Å². The number of nitrogens with zero attached hydrogens (tertiary/aromatic N) is 3. The Morgan fingerprint density at radius 1 is 0.744 bits per heavy atom. The second-order valence-corrected chi connectivity index (χ2v) is 11.8. The van der Waals surface area contributed by atoms with Crippen LogP contribution in [0.1, 0.15) is 29.2 Å². The van der Waals surface area contributed by atoms with Crippen LogP contribution in [0.3, 0.4) is 0 Å². The summed E-state index contributed by atoms with van der Waals surface area (Å²) in [6, 6.07) is 25.1. The predicted molar refractivity (Wildman–Crippen MR) is 155 cm³/mol. The van der Waals surface area contributed by atoms with Gasteiger partial charge in [-0.2, -0.15) is 0 Å². The Morgan fingerprint density at radius 3 is 1.95 bits per heavy atom. The van der Waals surface area contributed by atoms with Crippen LogP contribution in [0.15, 0.2) is 78.4 Å². The summed E-state index contributed by atoms with van der Waals surface area (Å²) in [6.07, 6.45) is 1.62. The molecule has 7 rings (SSSR count). The summed E-state index contributed by atoms with van der Waals surface area (Å²) in [5, 5.41) is 2.46. The fraction of sp³-hybridized carbons (Fsp3) is 0.156. The normalized spacial score (nSPS) is 16.4. The average molecular weight is 532 g/mol. The van der Waals surface area contributed by atoms with Gasteiger partial charge in [-0.05, 0) is 53.1 Å². The Kier molecular flexibility index (Phi) is 4.85. The summed E-state index contributed by atoms with van der Waals surface area (Å²) in [4.78, 5) is 41.5. The van der Waals surface area contributed by atoms with E-state index in [2.05, 4.69) is 91.2 Å². The van der Waals surface area contributed by atoms with Crippen LogP contribution in [0.5, 0.6) is 0 Å². The van der Waals surface area contributed by atoms with E-state index < -0.39 is 17.8 Å². The van der Waals surface area contributed by atoms with Gasteiger partial charge in [0.05, 0.1) is 11.0 Å². The molecule has 6 nitrogen and oxygen atoms in total. The lowest BCUT2D eigenvalue weighted by atomic mass is 9.86. The molecule has 3 aromatic carbocycles. The van der Waals surface area contributed by atoms with Gasteiger partial charge in [-0.25, -0.2) is 4.79 Å². The van der Waals surface area contributed by atoms with E-state index in [1.165, 1.54) is 46.3 Å². The van der Waals surface area contributed by atoms with Crippen molar-refractivity contribution >= 4 is 57.1 Å². The predicted octanol–water partition coefficient (Wildman–Crippen LogP) is 6.59. The molecule has 0 radical (unpaired) electrons. The Hall–Kier alpha value is -4.49. The highest BCUT2D eigenvalue weighted by Gasteiger charge is 2.40. The molecular formula is C32H25N3O3S.